The van der Waals surface area contributed by atoms with Crippen molar-refractivity contribution in [1.82, 2.24) is 5.32 Å². The van der Waals surface area contributed by atoms with Crippen molar-refractivity contribution in [3.63, 3.8) is 0 Å². The van der Waals surface area contributed by atoms with E-state index >= 15 is 0 Å². The number of alkyl halides is 1. The molecule has 0 aromatic heterocycles. The molecule has 1 atom stereocenters. The fourth-order valence-electron chi connectivity index (χ4n) is 1.34. The van der Waals surface area contributed by atoms with E-state index in [9.17, 15) is 9.59 Å². The molecule has 3 nitrogen and oxygen atoms in total. The lowest BCUT2D eigenvalue weighted by Gasteiger charge is -2.19. The number of rotatable bonds is 3. The quantitative estimate of drug-likeness (QED) is 0.533. The molecule has 4 heteroatoms. The second-order valence-corrected chi connectivity index (χ2v) is 3.36. The number of amides is 2. The molecule has 0 spiro atoms. The van der Waals surface area contributed by atoms with Crippen molar-refractivity contribution in [2.75, 3.05) is 5.88 Å². The normalized spacial score (nSPS) is 23.9. The predicted molar refractivity (Wildman–Crippen MR) is 45.8 cm³/mol. The topological polar surface area (TPSA) is 46.2 Å². The number of nitrogens with one attached hydrogen (secondary N) is 1. The lowest BCUT2D eigenvalue weighted by atomic mass is 9.94. The number of piperidine rings is 1. The van der Waals surface area contributed by atoms with Gasteiger partial charge in [-0.05, 0) is 19.3 Å². The minimum absolute atomic E-state index is 0.00134. The molecular weight excluding hydrogens is 178 g/mol. The fourth-order valence-corrected chi connectivity index (χ4v) is 1.49. The molecule has 1 aliphatic heterocycles. The Morgan fingerprint density at radius 1 is 1.50 bits per heavy atom. The monoisotopic (exact) mass is 189 g/mol. The molecular formula is C8H12ClNO2. The van der Waals surface area contributed by atoms with E-state index in [1.54, 1.807) is 0 Å². The molecule has 0 bridgehead atoms. The summed E-state index contributed by atoms with van der Waals surface area (Å²) in [5.41, 5.74) is 0. The van der Waals surface area contributed by atoms with Gasteiger partial charge >= 0.3 is 0 Å². The first-order chi connectivity index (χ1) is 5.74. The maximum atomic E-state index is 11.1. The second-order valence-electron chi connectivity index (χ2n) is 2.98. The zero-order valence-corrected chi connectivity index (χ0v) is 7.56. The molecule has 1 fully saturated rings. The Morgan fingerprint density at radius 3 is 2.83 bits per heavy atom. The van der Waals surface area contributed by atoms with Crippen molar-refractivity contribution in [3.8, 4) is 0 Å². The minimum atomic E-state index is -0.151. The standard InChI is InChI=1S/C8H12ClNO2/c9-5-1-2-6-3-4-7(11)10-8(6)12/h6H,1-5H2,(H,10,11,12). The zero-order valence-electron chi connectivity index (χ0n) is 6.81. The van der Waals surface area contributed by atoms with Gasteiger partial charge in [-0.25, -0.2) is 0 Å². The summed E-state index contributed by atoms with van der Waals surface area (Å²) < 4.78 is 0. The van der Waals surface area contributed by atoms with Crippen LogP contribution in [-0.4, -0.2) is 17.7 Å². The highest BCUT2D eigenvalue weighted by Gasteiger charge is 2.25. The van der Waals surface area contributed by atoms with Gasteiger partial charge in [0.2, 0.25) is 11.8 Å². The van der Waals surface area contributed by atoms with Crippen LogP contribution in [0.1, 0.15) is 25.7 Å². The van der Waals surface area contributed by atoms with Gasteiger partial charge in [-0.2, -0.15) is 0 Å². The average molecular weight is 190 g/mol. The molecule has 0 radical (unpaired) electrons. The first-order valence-corrected chi connectivity index (χ1v) is 4.67. The third kappa shape index (κ3) is 2.48. The number of carbonyl (C=O) groups excluding carboxylic acids is 2. The van der Waals surface area contributed by atoms with E-state index in [1.165, 1.54) is 0 Å². The van der Waals surface area contributed by atoms with Gasteiger partial charge in [0.05, 0.1) is 0 Å². The van der Waals surface area contributed by atoms with Crippen molar-refractivity contribution >= 4 is 23.4 Å². The summed E-state index contributed by atoms with van der Waals surface area (Å²) in [6.45, 7) is 0. The molecule has 0 aromatic rings. The maximum absolute atomic E-state index is 11.1. The molecule has 1 rings (SSSR count). The summed E-state index contributed by atoms with van der Waals surface area (Å²) in [4.78, 5) is 21.9. The summed E-state index contributed by atoms with van der Waals surface area (Å²) in [7, 11) is 0. The van der Waals surface area contributed by atoms with Crippen LogP contribution >= 0.6 is 11.6 Å². The zero-order chi connectivity index (χ0) is 8.97. The van der Waals surface area contributed by atoms with Gasteiger partial charge in [0, 0.05) is 18.2 Å². The number of carbonyl (C=O) groups is 2. The predicted octanol–water partition coefficient (Wildman–Crippen LogP) is 1.06. The summed E-state index contributed by atoms with van der Waals surface area (Å²) in [5, 5.41) is 2.32. The van der Waals surface area contributed by atoms with Gasteiger partial charge in [0.1, 0.15) is 0 Å². The van der Waals surface area contributed by atoms with Gasteiger partial charge in [-0.3, -0.25) is 14.9 Å². The molecule has 0 aliphatic carbocycles. The Hall–Kier alpha value is -0.570. The van der Waals surface area contributed by atoms with E-state index in [1.807, 2.05) is 0 Å². The van der Waals surface area contributed by atoms with Crippen LogP contribution in [0.15, 0.2) is 0 Å². The number of halogens is 1. The summed E-state index contributed by atoms with van der Waals surface area (Å²) >= 11 is 5.50. The average Bonchev–Trinajstić information content (AvgIpc) is 2.03. The molecule has 12 heavy (non-hydrogen) atoms. The molecule has 0 aromatic carbocycles. The maximum Gasteiger partial charge on any atom is 0.229 e. The van der Waals surface area contributed by atoms with Crippen molar-refractivity contribution in [3.05, 3.63) is 0 Å². The lowest BCUT2D eigenvalue weighted by Crippen LogP contribution is -2.40. The van der Waals surface area contributed by atoms with Crippen molar-refractivity contribution in [1.29, 1.82) is 0 Å². The van der Waals surface area contributed by atoms with Gasteiger partial charge in [0.15, 0.2) is 0 Å². The number of imide groups is 1. The van der Waals surface area contributed by atoms with Crippen LogP contribution in [0.5, 0.6) is 0 Å². The summed E-state index contributed by atoms with van der Waals surface area (Å²) in [6, 6.07) is 0. The first kappa shape index (κ1) is 9.52. The van der Waals surface area contributed by atoms with Crippen LogP contribution in [0.25, 0.3) is 0 Å². The van der Waals surface area contributed by atoms with E-state index in [-0.39, 0.29) is 17.7 Å². The fraction of sp³-hybridized carbons (Fsp3) is 0.750. The lowest BCUT2D eigenvalue weighted by molar-refractivity contribution is -0.136. The highest BCUT2D eigenvalue weighted by atomic mass is 35.5. The van der Waals surface area contributed by atoms with Gasteiger partial charge < -0.3 is 0 Å². The summed E-state index contributed by atoms with van der Waals surface area (Å²) in [5.74, 6) is 0.303. The van der Waals surface area contributed by atoms with Crippen LogP contribution in [0.2, 0.25) is 0 Å². The molecule has 68 valence electrons. The Morgan fingerprint density at radius 2 is 2.25 bits per heavy atom. The van der Waals surface area contributed by atoms with E-state index < -0.39 is 0 Å². The largest absolute Gasteiger partial charge is 0.296 e. The Labute approximate surface area is 76.5 Å². The molecule has 1 unspecified atom stereocenters. The van der Waals surface area contributed by atoms with Gasteiger partial charge in [-0.15, -0.1) is 11.6 Å². The SMILES string of the molecule is O=C1CCC(CCCCl)C(=O)N1. The summed E-state index contributed by atoms with van der Waals surface area (Å²) in [6.07, 6.45) is 2.79. The highest BCUT2D eigenvalue weighted by molar-refractivity contribution is 6.17. The van der Waals surface area contributed by atoms with Crippen LogP contribution in [-0.2, 0) is 9.59 Å². The van der Waals surface area contributed by atoms with Gasteiger partial charge in [-0.1, -0.05) is 0 Å². The Kier molecular flexibility index (Phi) is 3.53. The van der Waals surface area contributed by atoms with Crippen molar-refractivity contribution in [2.45, 2.75) is 25.7 Å². The molecule has 0 saturated carbocycles. The van der Waals surface area contributed by atoms with E-state index in [0.717, 1.165) is 12.8 Å². The Balaban J connectivity index is 2.35. The number of hydrogen-bond donors (Lipinski definition) is 1. The number of hydrogen-bond acceptors (Lipinski definition) is 2. The van der Waals surface area contributed by atoms with E-state index in [4.69, 9.17) is 11.6 Å². The third-order valence-corrected chi connectivity index (χ3v) is 2.31. The minimum Gasteiger partial charge on any atom is -0.296 e. The van der Waals surface area contributed by atoms with Crippen molar-refractivity contribution < 1.29 is 9.59 Å². The van der Waals surface area contributed by atoms with Crippen LogP contribution in [0.3, 0.4) is 0 Å². The van der Waals surface area contributed by atoms with Gasteiger partial charge in [0.25, 0.3) is 0 Å². The van der Waals surface area contributed by atoms with Crippen molar-refractivity contribution in [2.24, 2.45) is 5.92 Å². The highest BCUT2D eigenvalue weighted by Crippen LogP contribution is 2.17. The first-order valence-electron chi connectivity index (χ1n) is 4.13. The molecule has 1 saturated heterocycles. The Bertz CT molecular complexity index is 193. The smallest absolute Gasteiger partial charge is 0.229 e. The van der Waals surface area contributed by atoms with E-state index in [2.05, 4.69) is 5.32 Å². The van der Waals surface area contributed by atoms with Crippen LogP contribution in [0, 0.1) is 5.92 Å². The van der Waals surface area contributed by atoms with Crippen LogP contribution in [0.4, 0.5) is 0 Å². The molecule has 1 N–H and O–H groups in total. The second kappa shape index (κ2) is 4.45. The molecule has 2 amide bonds. The molecule has 1 heterocycles. The molecule has 1 aliphatic rings. The van der Waals surface area contributed by atoms with Crippen LogP contribution < -0.4 is 5.32 Å². The van der Waals surface area contributed by atoms with E-state index in [0.29, 0.717) is 18.7 Å². The third-order valence-electron chi connectivity index (χ3n) is 2.04.